The maximum atomic E-state index is 12.3. The normalized spacial score (nSPS) is 13.9. The molecular formula is C13H9N2O2+. The summed E-state index contributed by atoms with van der Waals surface area (Å²) in [4.78, 5) is 28.3. The van der Waals surface area contributed by atoms with E-state index in [1.807, 2.05) is 0 Å². The summed E-state index contributed by atoms with van der Waals surface area (Å²) in [7, 11) is 0. The number of rotatable bonds is 0. The van der Waals surface area contributed by atoms with Crippen molar-refractivity contribution in [3.05, 3.63) is 64.3 Å². The Morgan fingerprint density at radius 2 is 1.82 bits per heavy atom. The number of nitroso groups, excluding NO2 is 1. The Morgan fingerprint density at radius 3 is 2.71 bits per heavy atom. The first kappa shape index (κ1) is 9.84. The van der Waals surface area contributed by atoms with E-state index in [0.29, 0.717) is 22.5 Å². The molecule has 0 fully saturated rings. The van der Waals surface area contributed by atoms with Gasteiger partial charge in [0.15, 0.2) is 0 Å². The van der Waals surface area contributed by atoms with E-state index >= 15 is 0 Å². The van der Waals surface area contributed by atoms with Gasteiger partial charge in [0, 0.05) is 21.9 Å². The molecule has 0 saturated carbocycles. The van der Waals surface area contributed by atoms with Crippen LogP contribution in [0.3, 0.4) is 0 Å². The average Bonchev–Trinajstić information content (AvgIpc) is 2.48. The van der Waals surface area contributed by atoms with Gasteiger partial charge in [0.25, 0.3) is 5.69 Å². The SMILES string of the molecule is O=C1c2ccccc2[N+](=O)Cc2ncccc21. The van der Waals surface area contributed by atoms with Crippen molar-refractivity contribution in [2.45, 2.75) is 6.54 Å². The number of aromatic nitrogens is 1. The van der Waals surface area contributed by atoms with Crippen molar-refractivity contribution in [2.24, 2.45) is 0 Å². The number of nitrogens with zero attached hydrogens (tertiary/aromatic N) is 2. The third-order valence-corrected chi connectivity index (χ3v) is 2.85. The predicted molar refractivity (Wildman–Crippen MR) is 61.1 cm³/mol. The van der Waals surface area contributed by atoms with Gasteiger partial charge in [0.1, 0.15) is 5.69 Å². The fourth-order valence-corrected chi connectivity index (χ4v) is 2.02. The van der Waals surface area contributed by atoms with Crippen LogP contribution in [0.4, 0.5) is 5.69 Å². The Hall–Kier alpha value is -2.36. The molecule has 4 heteroatoms. The van der Waals surface area contributed by atoms with Crippen molar-refractivity contribution < 1.29 is 9.55 Å². The molecule has 2 aromatic rings. The highest BCUT2D eigenvalue weighted by atomic mass is 16.3. The highest BCUT2D eigenvalue weighted by Crippen LogP contribution is 2.27. The Bertz CT molecular complexity index is 635. The second kappa shape index (κ2) is 3.59. The van der Waals surface area contributed by atoms with Crippen molar-refractivity contribution in [1.82, 2.24) is 4.98 Å². The van der Waals surface area contributed by atoms with Gasteiger partial charge in [-0.2, -0.15) is 0 Å². The van der Waals surface area contributed by atoms with E-state index in [1.54, 1.807) is 42.6 Å². The van der Waals surface area contributed by atoms with Crippen LogP contribution < -0.4 is 0 Å². The van der Waals surface area contributed by atoms with E-state index in [2.05, 4.69) is 4.98 Å². The van der Waals surface area contributed by atoms with Gasteiger partial charge in [0.05, 0.1) is 11.1 Å². The zero-order chi connectivity index (χ0) is 11.8. The molecule has 1 aromatic heterocycles. The summed E-state index contributed by atoms with van der Waals surface area (Å²) in [6, 6.07) is 10.3. The summed E-state index contributed by atoms with van der Waals surface area (Å²) in [5, 5.41) is 0. The van der Waals surface area contributed by atoms with Crippen molar-refractivity contribution in [3.63, 3.8) is 0 Å². The molecule has 1 aliphatic rings. The second-order valence-corrected chi connectivity index (χ2v) is 3.88. The summed E-state index contributed by atoms with van der Waals surface area (Å²) in [5.41, 5.74) is 1.90. The first-order valence-corrected chi connectivity index (χ1v) is 5.29. The largest absolute Gasteiger partial charge is 0.288 e. The minimum absolute atomic E-state index is 0.110. The number of carbonyl (C=O) groups excluding carboxylic acids is 1. The van der Waals surface area contributed by atoms with E-state index in [9.17, 15) is 9.70 Å². The fourth-order valence-electron chi connectivity index (χ4n) is 2.02. The number of benzene rings is 1. The molecule has 4 nitrogen and oxygen atoms in total. The Labute approximate surface area is 97.5 Å². The first-order chi connectivity index (χ1) is 8.27. The van der Waals surface area contributed by atoms with Crippen LogP contribution in [0, 0.1) is 4.91 Å². The molecular weight excluding hydrogens is 216 g/mol. The summed E-state index contributed by atoms with van der Waals surface area (Å²) in [5.74, 6) is -0.137. The minimum Gasteiger partial charge on any atom is -0.288 e. The van der Waals surface area contributed by atoms with Crippen LogP contribution in [0.25, 0.3) is 0 Å². The van der Waals surface area contributed by atoms with E-state index in [0.717, 1.165) is 4.76 Å². The quantitative estimate of drug-likeness (QED) is 0.646. The Morgan fingerprint density at radius 1 is 1.06 bits per heavy atom. The van der Waals surface area contributed by atoms with Crippen LogP contribution in [-0.2, 0) is 6.54 Å². The maximum Gasteiger partial charge on any atom is 0.267 e. The maximum absolute atomic E-state index is 12.3. The van der Waals surface area contributed by atoms with E-state index in [4.69, 9.17) is 0 Å². The molecule has 82 valence electrons. The molecule has 3 rings (SSSR count). The van der Waals surface area contributed by atoms with Crippen LogP contribution in [-0.4, -0.2) is 15.5 Å². The Kier molecular flexibility index (Phi) is 2.08. The number of pyridine rings is 1. The monoisotopic (exact) mass is 225 g/mol. The molecule has 0 bridgehead atoms. The molecule has 0 saturated heterocycles. The van der Waals surface area contributed by atoms with Crippen LogP contribution >= 0.6 is 0 Å². The fraction of sp³-hybridized carbons (Fsp3) is 0.0769. The molecule has 0 spiro atoms. The average molecular weight is 225 g/mol. The molecule has 0 N–H and O–H groups in total. The molecule has 0 unspecified atom stereocenters. The minimum atomic E-state index is -0.137. The number of fused-ring (bicyclic) bond motifs is 2. The zero-order valence-corrected chi connectivity index (χ0v) is 8.96. The lowest BCUT2D eigenvalue weighted by molar-refractivity contribution is -0.480. The van der Waals surface area contributed by atoms with E-state index in [1.165, 1.54) is 0 Å². The van der Waals surface area contributed by atoms with Gasteiger partial charge in [-0.3, -0.25) is 9.78 Å². The third-order valence-electron chi connectivity index (χ3n) is 2.85. The van der Waals surface area contributed by atoms with Crippen molar-refractivity contribution in [2.75, 3.05) is 0 Å². The summed E-state index contributed by atoms with van der Waals surface area (Å²) < 4.78 is 0.812. The van der Waals surface area contributed by atoms with Crippen molar-refractivity contribution in [3.8, 4) is 0 Å². The van der Waals surface area contributed by atoms with Gasteiger partial charge in [-0.15, -0.1) is 0 Å². The standard InChI is InChI=1S/C13H9N2O2/c16-13-9-5-3-7-14-11(9)8-15(17)12-6-2-1-4-10(12)13/h1-7H,8H2/q+1. The summed E-state index contributed by atoms with van der Waals surface area (Å²) in [6.07, 6.45) is 1.59. The van der Waals surface area contributed by atoms with Gasteiger partial charge < -0.3 is 0 Å². The van der Waals surface area contributed by atoms with Crippen molar-refractivity contribution in [1.29, 1.82) is 0 Å². The predicted octanol–water partition coefficient (Wildman–Crippen LogP) is 2.24. The van der Waals surface area contributed by atoms with Gasteiger partial charge in [-0.1, -0.05) is 12.1 Å². The zero-order valence-electron chi connectivity index (χ0n) is 8.96. The number of hydrogen-bond donors (Lipinski definition) is 0. The molecule has 0 aliphatic carbocycles. The van der Waals surface area contributed by atoms with Crippen LogP contribution in [0.2, 0.25) is 0 Å². The summed E-state index contributed by atoms with van der Waals surface area (Å²) >= 11 is 0. The molecule has 17 heavy (non-hydrogen) atoms. The van der Waals surface area contributed by atoms with Gasteiger partial charge >= 0.3 is 0 Å². The van der Waals surface area contributed by atoms with Crippen LogP contribution in [0.15, 0.2) is 42.6 Å². The lowest BCUT2D eigenvalue weighted by atomic mass is 10.0. The lowest BCUT2D eigenvalue weighted by Gasteiger charge is -1.98. The molecule has 0 radical (unpaired) electrons. The van der Waals surface area contributed by atoms with Gasteiger partial charge in [0.2, 0.25) is 12.3 Å². The molecule has 1 aromatic carbocycles. The topological polar surface area (TPSA) is 50.0 Å². The third kappa shape index (κ3) is 1.45. The highest BCUT2D eigenvalue weighted by Gasteiger charge is 2.31. The molecule has 2 heterocycles. The van der Waals surface area contributed by atoms with Gasteiger partial charge in [-0.25, -0.2) is 0 Å². The molecule has 0 atom stereocenters. The summed E-state index contributed by atoms with van der Waals surface area (Å²) in [6.45, 7) is 0.110. The Balaban J connectivity index is 2.30. The number of carbonyl (C=O) groups is 1. The first-order valence-electron chi connectivity index (χ1n) is 5.29. The smallest absolute Gasteiger partial charge is 0.267 e. The van der Waals surface area contributed by atoms with Crippen LogP contribution in [0.5, 0.6) is 0 Å². The van der Waals surface area contributed by atoms with E-state index in [-0.39, 0.29) is 12.3 Å². The van der Waals surface area contributed by atoms with Gasteiger partial charge in [-0.05, 0) is 18.2 Å². The lowest BCUT2D eigenvalue weighted by Crippen LogP contribution is -2.04. The van der Waals surface area contributed by atoms with Crippen molar-refractivity contribution >= 4 is 11.5 Å². The van der Waals surface area contributed by atoms with Crippen LogP contribution in [0.1, 0.15) is 21.6 Å². The number of para-hydroxylation sites is 1. The van der Waals surface area contributed by atoms with E-state index < -0.39 is 0 Å². The second-order valence-electron chi connectivity index (χ2n) is 3.88. The molecule has 1 aliphatic heterocycles. The number of hydrogen-bond acceptors (Lipinski definition) is 3. The number of ketones is 1. The highest BCUT2D eigenvalue weighted by molar-refractivity contribution is 6.12. The molecule has 0 amide bonds.